The number of nitrogens with zero attached hydrogens (tertiary/aromatic N) is 1. The Labute approximate surface area is 149 Å². The van der Waals surface area contributed by atoms with E-state index in [9.17, 15) is 4.79 Å². The fraction of sp³-hybridized carbons (Fsp3) is 0.381. The van der Waals surface area contributed by atoms with E-state index in [2.05, 4.69) is 29.6 Å². The quantitative estimate of drug-likeness (QED) is 0.911. The highest BCUT2D eigenvalue weighted by atomic mass is 16.5. The van der Waals surface area contributed by atoms with Crippen LogP contribution in [0.4, 0.5) is 0 Å². The van der Waals surface area contributed by atoms with Crippen LogP contribution < -0.4 is 10.1 Å². The lowest BCUT2D eigenvalue weighted by atomic mass is 9.72. The van der Waals surface area contributed by atoms with E-state index in [0.717, 1.165) is 25.9 Å². The first kappa shape index (κ1) is 17.5. The number of benzene rings is 2. The molecule has 1 N–H and O–H groups in total. The zero-order valence-electron chi connectivity index (χ0n) is 15.0. The van der Waals surface area contributed by atoms with Gasteiger partial charge in [-0.25, -0.2) is 0 Å². The van der Waals surface area contributed by atoms with E-state index in [1.807, 2.05) is 42.3 Å². The highest BCUT2D eigenvalue weighted by Crippen LogP contribution is 2.34. The molecule has 0 unspecified atom stereocenters. The fourth-order valence-corrected chi connectivity index (χ4v) is 3.79. The molecule has 1 aliphatic rings. The number of nitrogens with one attached hydrogen (secondary N) is 1. The molecule has 1 fully saturated rings. The lowest BCUT2D eigenvalue weighted by Gasteiger charge is -2.41. The first-order chi connectivity index (χ1) is 12.2. The van der Waals surface area contributed by atoms with Gasteiger partial charge in [-0.3, -0.25) is 4.79 Å². The van der Waals surface area contributed by atoms with E-state index in [1.165, 1.54) is 5.56 Å². The van der Waals surface area contributed by atoms with Gasteiger partial charge in [0.2, 0.25) is 0 Å². The Kier molecular flexibility index (Phi) is 5.39. The van der Waals surface area contributed by atoms with E-state index in [1.54, 1.807) is 7.11 Å². The van der Waals surface area contributed by atoms with Crippen LogP contribution in [0.25, 0.3) is 0 Å². The minimum Gasteiger partial charge on any atom is -0.496 e. The molecule has 0 saturated carbocycles. The highest BCUT2D eigenvalue weighted by molar-refractivity contribution is 5.96. The van der Waals surface area contributed by atoms with Crippen molar-refractivity contribution in [3.8, 4) is 5.75 Å². The summed E-state index contributed by atoms with van der Waals surface area (Å²) in [5.41, 5.74) is 1.93. The molecule has 132 valence electrons. The van der Waals surface area contributed by atoms with Crippen LogP contribution >= 0.6 is 0 Å². The van der Waals surface area contributed by atoms with Gasteiger partial charge in [-0.2, -0.15) is 0 Å². The molecule has 1 amide bonds. The Bertz CT molecular complexity index is 709. The smallest absolute Gasteiger partial charge is 0.257 e. The van der Waals surface area contributed by atoms with Crippen LogP contribution in [-0.2, 0) is 5.41 Å². The monoisotopic (exact) mass is 338 g/mol. The largest absolute Gasteiger partial charge is 0.496 e. The maximum Gasteiger partial charge on any atom is 0.257 e. The molecule has 1 heterocycles. The molecule has 0 aromatic heterocycles. The van der Waals surface area contributed by atoms with Crippen molar-refractivity contribution in [2.45, 2.75) is 18.3 Å². The van der Waals surface area contributed by atoms with E-state index in [0.29, 0.717) is 17.9 Å². The van der Waals surface area contributed by atoms with Gasteiger partial charge >= 0.3 is 0 Å². The number of carbonyl (C=O) groups excluding carboxylic acids is 1. The molecular formula is C21H26N2O2. The van der Waals surface area contributed by atoms with Crippen molar-refractivity contribution >= 4 is 5.91 Å². The standard InChI is InChI=1S/C21H26N2O2/c1-23(20(24)18-10-6-7-11-19(18)25-2)16-21(12-14-22-15-13-21)17-8-4-3-5-9-17/h3-11,22H,12-16H2,1-2H3. The van der Waals surface area contributed by atoms with Gasteiger partial charge in [0.05, 0.1) is 12.7 Å². The number of ether oxygens (including phenoxy) is 1. The topological polar surface area (TPSA) is 41.6 Å². The molecule has 0 spiro atoms. The average Bonchev–Trinajstić information content (AvgIpc) is 2.68. The van der Waals surface area contributed by atoms with Gasteiger partial charge in [0, 0.05) is 19.0 Å². The van der Waals surface area contributed by atoms with Crippen molar-refractivity contribution in [3.05, 3.63) is 65.7 Å². The summed E-state index contributed by atoms with van der Waals surface area (Å²) in [7, 11) is 3.49. The number of piperidine rings is 1. The maximum atomic E-state index is 13.0. The van der Waals surface area contributed by atoms with Crippen molar-refractivity contribution in [3.63, 3.8) is 0 Å². The van der Waals surface area contributed by atoms with Gasteiger partial charge < -0.3 is 15.0 Å². The van der Waals surface area contributed by atoms with Gasteiger partial charge in [0.15, 0.2) is 0 Å². The first-order valence-electron chi connectivity index (χ1n) is 8.81. The third kappa shape index (κ3) is 3.69. The molecule has 2 aromatic carbocycles. The molecular weight excluding hydrogens is 312 g/mol. The summed E-state index contributed by atoms with van der Waals surface area (Å²) in [4.78, 5) is 14.8. The number of para-hydroxylation sites is 1. The molecule has 1 saturated heterocycles. The van der Waals surface area contributed by atoms with E-state index >= 15 is 0 Å². The SMILES string of the molecule is COc1ccccc1C(=O)N(C)CC1(c2ccccc2)CCNCC1. The van der Waals surface area contributed by atoms with Crippen LogP contribution in [0.2, 0.25) is 0 Å². The molecule has 0 atom stereocenters. The van der Waals surface area contributed by atoms with Crippen molar-refractivity contribution in [2.24, 2.45) is 0 Å². The molecule has 1 aliphatic heterocycles. The number of rotatable bonds is 5. The molecule has 25 heavy (non-hydrogen) atoms. The van der Waals surface area contributed by atoms with E-state index < -0.39 is 0 Å². The lowest BCUT2D eigenvalue weighted by Crippen LogP contribution is -2.48. The van der Waals surface area contributed by atoms with E-state index in [-0.39, 0.29) is 11.3 Å². The van der Waals surface area contributed by atoms with E-state index in [4.69, 9.17) is 4.74 Å². The first-order valence-corrected chi connectivity index (χ1v) is 8.81. The number of methoxy groups -OCH3 is 1. The highest BCUT2D eigenvalue weighted by Gasteiger charge is 2.36. The summed E-state index contributed by atoms with van der Waals surface area (Å²) < 4.78 is 5.36. The van der Waals surface area contributed by atoms with Crippen LogP contribution in [0.5, 0.6) is 5.75 Å². The molecule has 4 heteroatoms. The second-order valence-corrected chi connectivity index (χ2v) is 6.76. The third-order valence-corrected chi connectivity index (χ3v) is 5.17. The number of amides is 1. The van der Waals surface area contributed by atoms with Gasteiger partial charge in [0.1, 0.15) is 5.75 Å². The average molecular weight is 338 g/mol. The minimum absolute atomic E-state index is 0.00106. The Hall–Kier alpha value is -2.33. The van der Waals surface area contributed by atoms with Crippen LogP contribution in [0, 0.1) is 0 Å². The molecule has 2 aromatic rings. The molecule has 0 radical (unpaired) electrons. The Morgan fingerprint density at radius 3 is 2.40 bits per heavy atom. The Balaban J connectivity index is 1.85. The second kappa shape index (κ2) is 7.70. The lowest BCUT2D eigenvalue weighted by molar-refractivity contribution is 0.0738. The van der Waals surface area contributed by atoms with Crippen molar-refractivity contribution < 1.29 is 9.53 Å². The molecule has 0 aliphatic carbocycles. The predicted octanol–water partition coefficient (Wildman–Crippen LogP) is 3.09. The number of hydrogen-bond acceptors (Lipinski definition) is 3. The summed E-state index contributed by atoms with van der Waals surface area (Å²) in [5, 5.41) is 3.44. The van der Waals surface area contributed by atoms with Crippen molar-refractivity contribution in [1.82, 2.24) is 10.2 Å². The van der Waals surface area contributed by atoms with Crippen LogP contribution in [0.1, 0.15) is 28.8 Å². The van der Waals surface area contributed by atoms with Crippen LogP contribution in [0.3, 0.4) is 0 Å². The summed E-state index contributed by atoms with van der Waals surface area (Å²) in [6.45, 7) is 2.66. The second-order valence-electron chi connectivity index (χ2n) is 6.76. The van der Waals surface area contributed by atoms with Crippen molar-refractivity contribution in [1.29, 1.82) is 0 Å². The van der Waals surface area contributed by atoms with Gasteiger partial charge in [-0.15, -0.1) is 0 Å². The normalized spacial score (nSPS) is 16.2. The summed E-state index contributed by atoms with van der Waals surface area (Å²) in [5.74, 6) is 0.629. The maximum absolute atomic E-state index is 13.0. The summed E-state index contributed by atoms with van der Waals surface area (Å²) >= 11 is 0. The predicted molar refractivity (Wildman–Crippen MR) is 100 cm³/mol. The van der Waals surface area contributed by atoms with Crippen LogP contribution in [0.15, 0.2) is 54.6 Å². The number of hydrogen-bond donors (Lipinski definition) is 1. The summed E-state index contributed by atoms with van der Waals surface area (Å²) in [6.07, 6.45) is 2.06. The Morgan fingerprint density at radius 1 is 1.08 bits per heavy atom. The Morgan fingerprint density at radius 2 is 1.72 bits per heavy atom. The molecule has 0 bridgehead atoms. The van der Waals surface area contributed by atoms with Gasteiger partial charge in [0.25, 0.3) is 5.91 Å². The summed E-state index contributed by atoms with van der Waals surface area (Å²) in [6, 6.07) is 18.0. The fourth-order valence-electron chi connectivity index (χ4n) is 3.79. The zero-order valence-corrected chi connectivity index (χ0v) is 15.0. The van der Waals surface area contributed by atoms with Gasteiger partial charge in [-0.05, 0) is 43.6 Å². The minimum atomic E-state index is -0.00106. The number of likely N-dealkylation sites (N-methyl/N-ethyl adjacent to an activating group) is 1. The van der Waals surface area contributed by atoms with Crippen LogP contribution in [-0.4, -0.2) is 44.6 Å². The molecule has 3 rings (SSSR count). The van der Waals surface area contributed by atoms with Gasteiger partial charge in [-0.1, -0.05) is 42.5 Å². The third-order valence-electron chi connectivity index (χ3n) is 5.17. The number of carbonyl (C=O) groups is 1. The zero-order chi connectivity index (χ0) is 17.7. The molecule has 4 nitrogen and oxygen atoms in total. The van der Waals surface area contributed by atoms with Crippen molar-refractivity contribution in [2.75, 3.05) is 33.8 Å².